The zero-order valence-electron chi connectivity index (χ0n) is 32.0. The molecule has 0 atom stereocenters. The van der Waals surface area contributed by atoms with Gasteiger partial charge in [0.2, 0.25) is 0 Å². The molecule has 11 aromatic rings. The Morgan fingerprint density at radius 2 is 0.933 bits per heavy atom. The number of nitriles is 1. The first-order chi connectivity index (χ1) is 29.7. The van der Waals surface area contributed by atoms with Crippen molar-refractivity contribution in [3.8, 4) is 51.5 Å². The number of fused-ring (bicyclic) bond motifs is 15. The van der Waals surface area contributed by atoms with Crippen LogP contribution in [0.15, 0.2) is 188 Å². The van der Waals surface area contributed by atoms with Crippen LogP contribution in [0.3, 0.4) is 0 Å². The van der Waals surface area contributed by atoms with Gasteiger partial charge in [-0.25, -0.2) is 0 Å². The maximum atomic E-state index is 10.4. The second kappa shape index (κ2) is 12.1. The van der Waals surface area contributed by atoms with E-state index in [4.69, 9.17) is 14.7 Å². The van der Waals surface area contributed by atoms with Crippen molar-refractivity contribution in [3.05, 3.63) is 216 Å². The van der Waals surface area contributed by atoms with Gasteiger partial charge in [0.05, 0.1) is 50.5 Å². The SMILES string of the molecule is N#Cc1cc(-n2c3ccccc3c3ccccc32)cc(-n2c3ccccc3c3cc(-c4ccc5c(c4)C4(c6ccccc6O5)c5cccnc5-c5ncccc54)ccc32)c1. The van der Waals surface area contributed by atoms with Crippen molar-refractivity contribution in [2.45, 2.75) is 5.41 Å². The molecule has 0 saturated carbocycles. The number of hydrogen-bond acceptors (Lipinski definition) is 4. The van der Waals surface area contributed by atoms with Crippen molar-refractivity contribution in [2.24, 2.45) is 0 Å². The Kier molecular flexibility index (Phi) is 6.62. The summed E-state index contributed by atoms with van der Waals surface area (Å²) in [5, 5.41) is 15.1. The molecule has 1 aliphatic heterocycles. The first-order valence-electron chi connectivity index (χ1n) is 20.1. The molecule has 6 nitrogen and oxygen atoms in total. The summed E-state index contributed by atoms with van der Waals surface area (Å²) in [7, 11) is 0. The van der Waals surface area contributed by atoms with Gasteiger partial charge in [-0.3, -0.25) is 9.97 Å². The second-order valence-electron chi connectivity index (χ2n) is 15.7. The van der Waals surface area contributed by atoms with Crippen molar-refractivity contribution < 1.29 is 4.74 Å². The molecule has 2 aliphatic rings. The summed E-state index contributed by atoms with van der Waals surface area (Å²) in [6.07, 6.45) is 3.71. The van der Waals surface area contributed by atoms with Crippen LogP contribution >= 0.6 is 0 Å². The summed E-state index contributed by atoms with van der Waals surface area (Å²) in [5.74, 6) is 1.65. The maximum Gasteiger partial charge on any atom is 0.132 e. The molecule has 1 spiro atoms. The molecule has 0 bridgehead atoms. The van der Waals surface area contributed by atoms with Gasteiger partial charge in [0.15, 0.2) is 0 Å². The fourth-order valence-corrected chi connectivity index (χ4v) is 10.3. The molecule has 0 radical (unpaired) electrons. The second-order valence-corrected chi connectivity index (χ2v) is 15.7. The van der Waals surface area contributed by atoms with E-state index in [-0.39, 0.29) is 0 Å². The highest BCUT2D eigenvalue weighted by molar-refractivity contribution is 6.11. The number of nitrogens with zero attached hydrogens (tertiary/aromatic N) is 5. The Morgan fingerprint density at radius 1 is 0.433 bits per heavy atom. The Labute approximate surface area is 344 Å². The average Bonchev–Trinajstić information content (AvgIpc) is 3.93. The van der Waals surface area contributed by atoms with E-state index in [1.165, 1.54) is 10.8 Å². The predicted octanol–water partition coefficient (Wildman–Crippen LogP) is 12.7. The topological polar surface area (TPSA) is 68.7 Å². The number of hydrogen-bond donors (Lipinski definition) is 0. The minimum atomic E-state index is -0.659. The largest absolute Gasteiger partial charge is 0.457 e. The Bertz CT molecular complexity index is 3580. The lowest BCUT2D eigenvalue weighted by Crippen LogP contribution is -2.32. The fraction of sp³-hybridized carbons (Fsp3) is 0.0185. The monoisotopic (exact) mass is 765 g/mol. The van der Waals surface area contributed by atoms with E-state index in [1.807, 2.05) is 42.7 Å². The molecule has 4 aromatic heterocycles. The van der Waals surface area contributed by atoms with Gasteiger partial charge in [0.25, 0.3) is 0 Å². The van der Waals surface area contributed by atoms with Crippen molar-refractivity contribution in [3.63, 3.8) is 0 Å². The van der Waals surface area contributed by atoms with Gasteiger partial charge in [0.1, 0.15) is 11.5 Å². The summed E-state index contributed by atoms with van der Waals surface area (Å²) in [6, 6.07) is 64.3. The molecule has 0 fully saturated rings. The first kappa shape index (κ1) is 32.8. The lowest BCUT2D eigenvalue weighted by molar-refractivity contribution is 0.436. The Hall–Kier alpha value is -8.27. The van der Waals surface area contributed by atoms with E-state index in [9.17, 15) is 5.26 Å². The van der Waals surface area contributed by atoms with Gasteiger partial charge in [0, 0.05) is 56.4 Å². The molecular formula is C54H31N5O. The van der Waals surface area contributed by atoms with Gasteiger partial charge in [-0.1, -0.05) is 97.1 Å². The molecule has 13 rings (SSSR count). The van der Waals surface area contributed by atoms with E-state index in [0.717, 1.165) is 100 Å². The Morgan fingerprint density at radius 3 is 1.57 bits per heavy atom. The summed E-state index contributed by atoms with van der Waals surface area (Å²) in [5.41, 5.74) is 14.5. The number of benzene rings is 7. The zero-order chi connectivity index (χ0) is 39.5. The summed E-state index contributed by atoms with van der Waals surface area (Å²) < 4.78 is 11.3. The maximum absolute atomic E-state index is 10.4. The standard InChI is InChI=1S/C54H31N5O/c55-32-33-27-36(58-46-17-5-1-11-38(46)39-12-2-6-18-47(39)58)31-37(28-33)59-48-19-7-3-13-40(48)41-29-34(21-23-49(41)59)35-22-24-51-45(30-35)54(42-14-4-8-20-50(42)60-51)43-15-9-25-56-52(43)53-44(54)16-10-26-57-53/h1-31H. The van der Waals surface area contributed by atoms with Crippen LogP contribution in [0.5, 0.6) is 11.5 Å². The van der Waals surface area contributed by atoms with Crippen LogP contribution in [-0.4, -0.2) is 19.1 Å². The number of pyridine rings is 2. The van der Waals surface area contributed by atoms with Crippen LogP contribution in [0.25, 0.3) is 77.5 Å². The third kappa shape index (κ3) is 4.30. The van der Waals surface area contributed by atoms with Gasteiger partial charge >= 0.3 is 0 Å². The van der Waals surface area contributed by atoms with Crippen molar-refractivity contribution in [1.82, 2.24) is 19.1 Å². The molecule has 1 aliphatic carbocycles. The van der Waals surface area contributed by atoms with Crippen LogP contribution in [0, 0.1) is 11.3 Å². The lowest BCUT2D eigenvalue weighted by Gasteiger charge is -2.39. The summed E-state index contributed by atoms with van der Waals surface area (Å²) in [6.45, 7) is 0. The quantitative estimate of drug-likeness (QED) is 0.180. The number of para-hydroxylation sites is 4. The lowest BCUT2D eigenvalue weighted by atomic mass is 9.66. The molecule has 0 amide bonds. The van der Waals surface area contributed by atoms with Crippen LogP contribution in [-0.2, 0) is 5.41 Å². The highest BCUT2D eigenvalue weighted by atomic mass is 16.5. The van der Waals surface area contributed by atoms with Crippen LogP contribution in [0.4, 0.5) is 0 Å². The minimum absolute atomic E-state index is 0.596. The molecule has 0 saturated heterocycles. The predicted molar refractivity (Wildman–Crippen MR) is 238 cm³/mol. The van der Waals surface area contributed by atoms with Crippen molar-refractivity contribution >= 4 is 43.6 Å². The molecule has 7 aromatic carbocycles. The molecule has 60 heavy (non-hydrogen) atoms. The van der Waals surface area contributed by atoms with E-state index >= 15 is 0 Å². The van der Waals surface area contributed by atoms with Crippen LogP contribution in [0.2, 0.25) is 0 Å². The van der Waals surface area contributed by atoms with Crippen LogP contribution in [0.1, 0.15) is 27.8 Å². The highest BCUT2D eigenvalue weighted by Crippen LogP contribution is 2.61. The van der Waals surface area contributed by atoms with E-state index in [2.05, 4.69) is 161 Å². The highest BCUT2D eigenvalue weighted by Gasteiger charge is 2.52. The number of rotatable bonds is 3. The normalized spacial score (nSPS) is 13.2. The van der Waals surface area contributed by atoms with Crippen molar-refractivity contribution in [2.75, 3.05) is 0 Å². The molecular weight excluding hydrogens is 735 g/mol. The number of aromatic nitrogens is 4. The number of ether oxygens (including phenoxy) is 1. The van der Waals surface area contributed by atoms with Gasteiger partial charge < -0.3 is 13.9 Å². The van der Waals surface area contributed by atoms with E-state index in [0.29, 0.717) is 5.56 Å². The molecule has 5 heterocycles. The van der Waals surface area contributed by atoms with E-state index < -0.39 is 5.41 Å². The third-order valence-electron chi connectivity index (χ3n) is 12.7. The molecule has 0 unspecified atom stereocenters. The summed E-state index contributed by atoms with van der Waals surface area (Å²) >= 11 is 0. The average molecular weight is 766 g/mol. The molecule has 6 heteroatoms. The fourth-order valence-electron chi connectivity index (χ4n) is 10.3. The van der Waals surface area contributed by atoms with Gasteiger partial charge in [-0.2, -0.15) is 5.26 Å². The van der Waals surface area contributed by atoms with E-state index in [1.54, 1.807) is 0 Å². The first-order valence-corrected chi connectivity index (χ1v) is 20.1. The zero-order valence-corrected chi connectivity index (χ0v) is 32.0. The van der Waals surface area contributed by atoms with Crippen molar-refractivity contribution in [1.29, 1.82) is 5.26 Å². The van der Waals surface area contributed by atoms with Gasteiger partial charge in [-0.15, -0.1) is 0 Å². The molecule has 278 valence electrons. The summed E-state index contributed by atoms with van der Waals surface area (Å²) in [4.78, 5) is 9.80. The third-order valence-corrected chi connectivity index (χ3v) is 12.7. The van der Waals surface area contributed by atoms with Crippen LogP contribution < -0.4 is 4.74 Å². The molecule has 0 N–H and O–H groups in total. The minimum Gasteiger partial charge on any atom is -0.457 e. The smallest absolute Gasteiger partial charge is 0.132 e. The van der Waals surface area contributed by atoms with Gasteiger partial charge in [-0.05, 0) is 101 Å². The Balaban J connectivity index is 1.02.